The maximum atomic E-state index is 13.2. The number of nitrogens with one attached hydrogen (secondary N) is 1. The molecule has 0 bridgehead atoms. The molecule has 3 atom stereocenters. The lowest BCUT2D eigenvalue weighted by Gasteiger charge is -2.45. The Morgan fingerprint density at radius 3 is 2.42 bits per heavy atom. The predicted octanol–water partition coefficient (Wildman–Crippen LogP) is 2.66. The molecule has 144 valence electrons. The Bertz CT molecular complexity index is 669. The van der Waals surface area contributed by atoms with Gasteiger partial charge in [0, 0.05) is 24.8 Å². The van der Waals surface area contributed by atoms with Crippen molar-refractivity contribution in [1.29, 1.82) is 0 Å². The van der Waals surface area contributed by atoms with E-state index in [9.17, 15) is 9.59 Å². The molecule has 1 saturated carbocycles. The second-order valence-corrected chi connectivity index (χ2v) is 9.05. The van der Waals surface area contributed by atoms with Gasteiger partial charge in [-0.05, 0) is 58.4 Å². The number of carbonyl (C=O) groups is 2. The van der Waals surface area contributed by atoms with E-state index in [0.717, 1.165) is 18.5 Å². The van der Waals surface area contributed by atoms with Crippen molar-refractivity contribution in [2.75, 3.05) is 6.54 Å². The Balaban J connectivity index is 1.86. The number of likely N-dealkylation sites (tertiary alicyclic amines) is 1. The molecule has 1 aromatic rings. The molecule has 1 aromatic heterocycles. The molecular formula is C20H32N4O2. The van der Waals surface area contributed by atoms with Gasteiger partial charge >= 0.3 is 0 Å². The number of hydrogen-bond donors (Lipinski definition) is 1. The molecule has 1 N–H and O–H groups in total. The average Bonchev–Trinajstić information content (AvgIpc) is 2.90. The zero-order chi connectivity index (χ0) is 19.1. The Morgan fingerprint density at radius 1 is 1.19 bits per heavy atom. The topological polar surface area (TPSA) is 67.2 Å². The lowest BCUT2D eigenvalue weighted by Crippen LogP contribution is -2.59. The highest BCUT2D eigenvalue weighted by Crippen LogP contribution is 2.39. The molecule has 0 aromatic carbocycles. The molecule has 0 spiro atoms. The molecule has 2 fully saturated rings. The van der Waals surface area contributed by atoms with Crippen molar-refractivity contribution in [2.45, 2.75) is 71.4 Å². The van der Waals surface area contributed by atoms with Crippen molar-refractivity contribution in [3.63, 3.8) is 0 Å². The Kier molecular flexibility index (Phi) is 5.13. The zero-order valence-corrected chi connectivity index (χ0v) is 16.7. The minimum Gasteiger partial charge on any atom is -0.350 e. The van der Waals surface area contributed by atoms with Crippen LogP contribution in [0, 0.1) is 18.8 Å². The van der Waals surface area contributed by atoms with Gasteiger partial charge in [-0.2, -0.15) is 5.10 Å². The maximum absolute atomic E-state index is 13.2. The van der Waals surface area contributed by atoms with Gasteiger partial charge in [0.05, 0.1) is 0 Å². The third-order valence-corrected chi connectivity index (χ3v) is 5.79. The Morgan fingerprint density at radius 2 is 1.85 bits per heavy atom. The van der Waals surface area contributed by atoms with E-state index in [1.165, 1.54) is 19.3 Å². The van der Waals surface area contributed by atoms with Crippen LogP contribution in [0.4, 0.5) is 0 Å². The molecule has 3 rings (SSSR count). The van der Waals surface area contributed by atoms with Crippen LogP contribution in [0.3, 0.4) is 0 Å². The average molecular weight is 361 g/mol. The van der Waals surface area contributed by atoms with Crippen molar-refractivity contribution >= 4 is 11.8 Å². The van der Waals surface area contributed by atoms with Crippen LogP contribution >= 0.6 is 0 Å². The van der Waals surface area contributed by atoms with E-state index >= 15 is 0 Å². The van der Waals surface area contributed by atoms with E-state index in [4.69, 9.17) is 0 Å². The van der Waals surface area contributed by atoms with E-state index in [2.05, 4.69) is 10.4 Å². The number of hydrogen-bond acceptors (Lipinski definition) is 3. The van der Waals surface area contributed by atoms with Crippen LogP contribution in [0.25, 0.3) is 0 Å². The summed E-state index contributed by atoms with van der Waals surface area (Å²) in [5.41, 5.74) is 1.07. The van der Waals surface area contributed by atoms with E-state index < -0.39 is 6.04 Å². The Labute approximate surface area is 156 Å². The predicted molar refractivity (Wildman–Crippen MR) is 101 cm³/mol. The molecule has 2 amide bonds. The van der Waals surface area contributed by atoms with Crippen molar-refractivity contribution in [2.24, 2.45) is 18.9 Å². The maximum Gasteiger partial charge on any atom is 0.275 e. The number of carbonyl (C=O) groups excluding carboxylic acids is 2. The number of piperidine rings is 1. The first-order valence-electron chi connectivity index (χ1n) is 9.79. The van der Waals surface area contributed by atoms with Crippen LogP contribution < -0.4 is 5.32 Å². The minimum atomic E-state index is -0.400. The standard InChI is InChI=1S/C20H32N4O2/c1-13-10-16(22-23(13)5)19(26)24-12-15-9-7-6-8-14(15)11-17(24)18(25)21-20(2,3)4/h10,14-15,17H,6-9,11-12H2,1-5H3,(H,21,25)/t14-,15+,17?/m0/s1. The Hall–Kier alpha value is -1.85. The van der Waals surface area contributed by atoms with Crippen LogP contribution in [0.1, 0.15) is 69.1 Å². The molecular weight excluding hydrogens is 328 g/mol. The first kappa shape index (κ1) is 18.9. The summed E-state index contributed by atoms with van der Waals surface area (Å²) in [6.45, 7) is 8.53. The number of aromatic nitrogens is 2. The monoisotopic (exact) mass is 360 g/mol. The first-order chi connectivity index (χ1) is 12.2. The SMILES string of the molecule is Cc1cc(C(=O)N2C[C@H]3CCCC[C@H]3CC2C(=O)NC(C)(C)C)nn1C. The molecule has 26 heavy (non-hydrogen) atoms. The van der Waals surface area contributed by atoms with Crippen molar-refractivity contribution in [3.05, 3.63) is 17.5 Å². The van der Waals surface area contributed by atoms with Crippen LogP contribution in [-0.2, 0) is 11.8 Å². The third-order valence-electron chi connectivity index (χ3n) is 5.79. The van der Waals surface area contributed by atoms with Crippen LogP contribution in [-0.4, -0.2) is 44.6 Å². The van der Waals surface area contributed by atoms with E-state index in [1.807, 2.05) is 40.8 Å². The van der Waals surface area contributed by atoms with Crippen molar-refractivity contribution < 1.29 is 9.59 Å². The number of nitrogens with zero attached hydrogens (tertiary/aromatic N) is 3. The van der Waals surface area contributed by atoms with Gasteiger partial charge in [0.15, 0.2) is 5.69 Å². The molecule has 1 saturated heterocycles. The number of fused-ring (bicyclic) bond motifs is 1. The van der Waals surface area contributed by atoms with Gasteiger partial charge in [0.1, 0.15) is 6.04 Å². The van der Waals surface area contributed by atoms with Gasteiger partial charge in [-0.15, -0.1) is 0 Å². The molecule has 0 radical (unpaired) electrons. The molecule has 2 heterocycles. The number of rotatable bonds is 2. The summed E-state index contributed by atoms with van der Waals surface area (Å²) in [7, 11) is 1.84. The van der Waals surface area contributed by atoms with Gasteiger partial charge < -0.3 is 10.2 Å². The van der Waals surface area contributed by atoms with Crippen molar-refractivity contribution in [1.82, 2.24) is 20.0 Å². The quantitative estimate of drug-likeness (QED) is 0.882. The molecule has 1 unspecified atom stereocenters. The smallest absolute Gasteiger partial charge is 0.275 e. The third kappa shape index (κ3) is 3.94. The lowest BCUT2D eigenvalue weighted by molar-refractivity contribution is -0.130. The van der Waals surface area contributed by atoms with E-state index in [1.54, 1.807) is 9.58 Å². The van der Waals surface area contributed by atoms with Crippen LogP contribution in [0.5, 0.6) is 0 Å². The summed E-state index contributed by atoms with van der Waals surface area (Å²) in [5, 5.41) is 7.43. The number of amides is 2. The largest absolute Gasteiger partial charge is 0.350 e. The fourth-order valence-electron chi connectivity index (χ4n) is 4.37. The summed E-state index contributed by atoms with van der Waals surface area (Å²) in [6, 6.07) is 1.41. The molecule has 6 nitrogen and oxygen atoms in total. The van der Waals surface area contributed by atoms with Crippen LogP contribution in [0.2, 0.25) is 0 Å². The zero-order valence-electron chi connectivity index (χ0n) is 16.7. The fraction of sp³-hybridized carbons (Fsp3) is 0.750. The molecule has 6 heteroatoms. The summed E-state index contributed by atoms with van der Waals surface area (Å²) in [4.78, 5) is 28.0. The summed E-state index contributed by atoms with van der Waals surface area (Å²) < 4.78 is 1.71. The van der Waals surface area contributed by atoms with E-state index in [0.29, 0.717) is 24.1 Å². The van der Waals surface area contributed by atoms with Gasteiger partial charge in [0.25, 0.3) is 5.91 Å². The summed E-state index contributed by atoms with van der Waals surface area (Å²) in [6.07, 6.45) is 5.56. The molecule has 1 aliphatic carbocycles. The highest BCUT2D eigenvalue weighted by atomic mass is 16.2. The van der Waals surface area contributed by atoms with E-state index in [-0.39, 0.29) is 17.4 Å². The van der Waals surface area contributed by atoms with Gasteiger partial charge in [-0.25, -0.2) is 0 Å². The highest BCUT2D eigenvalue weighted by Gasteiger charge is 2.43. The van der Waals surface area contributed by atoms with Crippen molar-refractivity contribution in [3.8, 4) is 0 Å². The normalized spacial score (nSPS) is 26.3. The van der Waals surface area contributed by atoms with Gasteiger partial charge in [-0.3, -0.25) is 14.3 Å². The second kappa shape index (κ2) is 7.05. The van der Waals surface area contributed by atoms with Crippen LogP contribution in [0.15, 0.2) is 6.07 Å². The first-order valence-corrected chi connectivity index (χ1v) is 9.79. The summed E-state index contributed by atoms with van der Waals surface area (Å²) in [5.74, 6) is 0.902. The summed E-state index contributed by atoms with van der Waals surface area (Å²) >= 11 is 0. The minimum absolute atomic E-state index is 0.0393. The second-order valence-electron chi connectivity index (χ2n) is 9.05. The van der Waals surface area contributed by atoms with Gasteiger partial charge in [-0.1, -0.05) is 19.3 Å². The molecule has 1 aliphatic heterocycles. The fourth-order valence-corrected chi connectivity index (χ4v) is 4.37. The highest BCUT2D eigenvalue weighted by molar-refractivity contribution is 5.96. The van der Waals surface area contributed by atoms with Gasteiger partial charge in [0.2, 0.25) is 5.91 Å². The lowest BCUT2D eigenvalue weighted by atomic mass is 9.72. The number of aryl methyl sites for hydroxylation is 2. The molecule has 2 aliphatic rings.